The molecule has 1 aliphatic heterocycles. The number of benzene rings is 1. The second-order valence-electron chi connectivity index (χ2n) is 5.96. The number of fused-ring (bicyclic) bond motifs is 1. The van der Waals surface area contributed by atoms with Crippen LogP contribution in [0.25, 0.3) is 0 Å². The third kappa shape index (κ3) is 3.51. The second kappa shape index (κ2) is 6.27. The largest absolute Gasteiger partial charge is 0.369 e. The molecule has 4 heteroatoms. The molecular formula is C16H25N3O. The van der Waals surface area contributed by atoms with E-state index in [0.717, 1.165) is 19.4 Å². The molecule has 0 aromatic heterocycles. The standard InChI is InChI=1S/C16H25N3O/c1-11(2)18-14(16(17)20)10-19-8-4-5-13-9-12(3)6-7-15(13)19/h6-7,9,11,14,18H,4-5,8,10H2,1-3H3,(H2,17,20). The van der Waals surface area contributed by atoms with E-state index in [4.69, 9.17) is 5.73 Å². The summed E-state index contributed by atoms with van der Waals surface area (Å²) in [6.45, 7) is 7.81. The lowest BCUT2D eigenvalue weighted by atomic mass is 9.99. The molecule has 4 nitrogen and oxygen atoms in total. The first-order valence-electron chi connectivity index (χ1n) is 7.37. The number of hydrogen-bond acceptors (Lipinski definition) is 3. The van der Waals surface area contributed by atoms with Crippen LogP contribution in [0.5, 0.6) is 0 Å². The van der Waals surface area contributed by atoms with Crippen LogP contribution in [0.2, 0.25) is 0 Å². The molecule has 1 aromatic carbocycles. The van der Waals surface area contributed by atoms with Crippen molar-refractivity contribution in [3.05, 3.63) is 29.3 Å². The molecule has 1 atom stereocenters. The number of nitrogens with one attached hydrogen (secondary N) is 1. The van der Waals surface area contributed by atoms with E-state index in [0.29, 0.717) is 6.54 Å². The van der Waals surface area contributed by atoms with Gasteiger partial charge in [-0.25, -0.2) is 0 Å². The summed E-state index contributed by atoms with van der Waals surface area (Å²) in [7, 11) is 0. The van der Waals surface area contributed by atoms with Gasteiger partial charge < -0.3 is 16.0 Å². The first kappa shape index (κ1) is 14.9. The molecule has 2 rings (SSSR count). The van der Waals surface area contributed by atoms with Gasteiger partial charge >= 0.3 is 0 Å². The van der Waals surface area contributed by atoms with Gasteiger partial charge in [0.25, 0.3) is 0 Å². The summed E-state index contributed by atoms with van der Waals surface area (Å²) in [6.07, 6.45) is 2.25. The van der Waals surface area contributed by atoms with Crippen molar-refractivity contribution in [2.24, 2.45) is 5.73 Å². The van der Waals surface area contributed by atoms with Crippen molar-refractivity contribution in [1.29, 1.82) is 0 Å². The monoisotopic (exact) mass is 275 g/mol. The Labute approximate surface area is 121 Å². The predicted molar refractivity (Wildman–Crippen MR) is 83.0 cm³/mol. The van der Waals surface area contributed by atoms with Crippen molar-refractivity contribution in [1.82, 2.24) is 5.32 Å². The highest BCUT2D eigenvalue weighted by atomic mass is 16.1. The van der Waals surface area contributed by atoms with Crippen LogP contribution in [-0.2, 0) is 11.2 Å². The Kier molecular flexibility index (Phi) is 4.65. The maximum atomic E-state index is 11.6. The number of carbonyl (C=O) groups is 1. The summed E-state index contributed by atoms with van der Waals surface area (Å²) in [5, 5.41) is 3.25. The molecule has 110 valence electrons. The zero-order valence-corrected chi connectivity index (χ0v) is 12.6. The number of anilines is 1. The van der Waals surface area contributed by atoms with Gasteiger partial charge in [-0.1, -0.05) is 31.5 Å². The maximum Gasteiger partial charge on any atom is 0.236 e. The first-order chi connectivity index (χ1) is 9.47. The van der Waals surface area contributed by atoms with E-state index in [-0.39, 0.29) is 18.0 Å². The van der Waals surface area contributed by atoms with Crippen LogP contribution in [0.1, 0.15) is 31.4 Å². The highest BCUT2D eigenvalue weighted by Gasteiger charge is 2.23. The fourth-order valence-electron chi connectivity index (χ4n) is 2.84. The fraction of sp³-hybridized carbons (Fsp3) is 0.562. The number of amides is 1. The van der Waals surface area contributed by atoms with E-state index >= 15 is 0 Å². The van der Waals surface area contributed by atoms with E-state index in [1.807, 2.05) is 13.8 Å². The number of hydrogen-bond donors (Lipinski definition) is 2. The molecule has 1 aromatic rings. The lowest BCUT2D eigenvalue weighted by molar-refractivity contribution is -0.120. The van der Waals surface area contributed by atoms with Crippen LogP contribution >= 0.6 is 0 Å². The van der Waals surface area contributed by atoms with Crippen LogP contribution in [0.15, 0.2) is 18.2 Å². The van der Waals surface area contributed by atoms with Gasteiger partial charge in [-0.3, -0.25) is 4.79 Å². The smallest absolute Gasteiger partial charge is 0.236 e. The van der Waals surface area contributed by atoms with E-state index < -0.39 is 0 Å². The van der Waals surface area contributed by atoms with Crippen LogP contribution in [0.4, 0.5) is 5.69 Å². The van der Waals surface area contributed by atoms with E-state index in [1.165, 1.54) is 16.8 Å². The number of nitrogens with zero attached hydrogens (tertiary/aromatic N) is 1. The normalized spacial score (nSPS) is 16.1. The zero-order valence-electron chi connectivity index (χ0n) is 12.6. The first-order valence-corrected chi connectivity index (χ1v) is 7.37. The minimum absolute atomic E-state index is 0.245. The summed E-state index contributed by atoms with van der Waals surface area (Å²) in [5.41, 5.74) is 9.43. The minimum Gasteiger partial charge on any atom is -0.369 e. The highest BCUT2D eigenvalue weighted by molar-refractivity contribution is 5.81. The Balaban J connectivity index is 2.16. The SMILES string of the molecule is Cc1ccc2c(c1)CCCN2CC(NC(C)C)C(N)=O. The Morgan fingerprint density at radius 1 is 1.45 bits per heavy atom. The fourth-order valence-corrected chi connectivity index (χ4v) is 2.84. The Hall–Kier alpha value is -1.55. The summed E-state index contributed by atoms with van der Waals surface area (Å²) in [4.78, 5) is 13.9. The molecule has 0 spiro atoms. The van der Waals surface area contributed by atoms with Gasteiger partial charge in [-0.2, -0.15) is 0 Å². The molecule has 0 saturated heterocycles. The molecule has 1 amide bonds. The van der Waals surface area contributed by atoms with Crippen LogP contribution in [-0.4, -0.2) is 31.1 Å². The molecular weight excluding hydrogens is 250 g/mol. The Morgan fingerprint density at radius 3 is 2.85 bits per heavy atom. The molecule has 1 aliphatic rings. The van der Waals surface area contributed by atoms with Gasteiger partial charge in [0.05, 0.1) is 0 Å². The van der Waals surface area contributed by atoms with Crippen molar-refractivity contribution in [2.75, 3.05) is 18.0 Å². The molecule has 0 bridgehead atoms. The number of rotatable bonds is 5. The van der Waals surface area contributed by atoms with Crippen LogP contribution < -0.4 is 16.0 Å². The number of carbonyl (C=O) groups excluding carboxylic acids is 1. The van der Waals surface area contributed by atoms with E-state index in [9.17, 15) is 4.79 Å². The molecule has 20 heavy (non-hydrogen) atoms. The molecule has 3 N–H and O–H groups in total. The van der Waals surface area contributed by atoms with Crippen molar-refractivity contribution >= 4 is 11.6 Å². The third-order valence-corrected chi connectivity index (χ3v) is 3.73. The van der Waals surface area contributed by atoms with Gasteiger partial charge in [-0.05, 0) is 31.4 Å². The van der Waals surface area contributed by atoms with E-state index in [2.05, 4.69) is 35.3 Å². The van der Waals surface area contributed by atoms with Gasteiger partial charge in [0.15, 0.2) is 0 Å². The summed E-state index contributed by atoms with van der Waals surface area (Å²) in [6, 6.07) is 6.48. The average molecular weight is 275 g/mol. The summed E-state index contributed by atoms with van der Waals surface area (Å²) >= 11 is 0. The number of primary amides is 1. The van der Waals surface area contributed by atoms with Gasteiger partial charge in [0, 0.05) is 24.8 Å². The highest BCUT2D eigenvalue weighted by Crippen LogP contribution is 2.27. The Bertz CT molecular complexity index is 485. The van der Waals surface area contributed by atoms with Gasteiger partial charge in [0.1, 0.15) is 6.04 Å². The molecule has 0 aliphatic carbocycles. The van der Waals surface area contributed by atoms with Crippen molar-refractivity contribution in [3.8, 4) is 0 Å². The number of nitrogens with two attached hydrogens (primary N) is 1. The molecule has 1 unspecified atom stereocenters. The molecule has 0 fully saturated rings. The lowest BCUT2D eigenvalue weighted by Crippen LogP contribution is -2.52. The summed E-state index contributed by atoms with van der Waals surface area (Å²) < 4.78 is 0. The molecule has 0 radical (unpaired) electrons. The number of aryl methyl sites for hydroxylation is 2. The van der Waals surface area contributed by atoms with Gasteiger partial charge in [0.2, 0.25) is 5.91 Å². The van der Waals surface area contributed by atoms with Crippen molar-refractivity contribution in [2.45, 2.75) is 45.7 Å². The molecule has 1 heterocycles. The van der Waals surface area contributed by atoms with Crippen molar-refractivity contribution < 1.29 is 4.79 Å². The minimum atomic E-state index is -0.303. The lowest BCUT2D eigenvalue weighted by Gasteiger charge is -2.34. The van der Waals surface area contributed by atoms with Crippen LogP contribution in [0.3, 0.4) is 0 Å². The van der Waals surface area contributed by atoms with Crippen LogP contribution in [0, 0.1) is 6.92 Å². The quantitative estimate of drug-likeness (QED) is 0.858. The van der Waals surface area contributed by atoms with Gasteiger partial charge in [-0.15, -0.1) is 0 Å². The van der Waals surface area contributed by atoms with E-state index in [1.54, 1.807) is 0 Å². The zero-order chi connectivity index (χ0) is 14.7. The second-order valence-corrected chi connectivity index (χ2v) is 5.96. The average Bonchev–Trinajstić information content (AvgIpc) is 2.37. The Morgan fingerprint density at radius 2 is 2.20 bits per heavy atom. The maximum absolute atomic E-state index is 11.6. The topological polar surface area (TPSA) is 58.4 Å². The molecule has 0 saturated carbocycles. The third-order valence-electron chi connectivity index (χ3n) is 3.73. The van der Waals surface area contributed by atoms with Crippen molar-refractivity contribution in [3.63, 3.8) is 0 Å². The summed E-state index contributed by atoms with van der Waals surface area (Å²) in [5.74, 6) is -0.280. The predicted octanol–water partition coefficient (Wildman–Crippen LogP) is 1.60.